The van der Waals surface area contributed by atoms with Crippen molar-refractivity contribution in [1.82, 2.24) is 4.90 Å². The van der Waals surface area contributed by atoms with Crippen LogP contribution in [0.5, 0.6) is 0 Å². The second kappa shape index (κ2) is 6.67. The number of anilines is 1. The summed E-state index contributed by atoms with van der Waals surface area (Å²) in [5.41, 5.74) is 2.69. The summed E-state index contributed by atoms with van der Waals surface area (Å²) in [6, 6.07) is 3.43. The van der Waals surface area contributed by atoms with E-state index in [-0.39, 0.29) is 18.7 Å². The lowest BCUT2D eigenvalue weighted by Gasteiger charge is -2.39. The van der Waals surface area contributed by atoms with E-state index >= 15 is 0 Å². The minimum Gasteiger partial charge on any atom is -0.394 e. The number of amides is 2. The summed E-state index contributed by atoms with van der Waals surface area (Å²) in [7, 11) is 0. The fraction of sp³-hybridized carbons (Fsp3) is 0.562. The molecule has 1 aliphatic heterocycles. The number of carbonyl (C=O) groups excluding carboxylic acids is 1. The zero-order valence-electron chi connectivity index (χ0n) is 12.8. The molecule has 1 saturated heterocycles. The van der Waals surface area contributed by atoms with Crippen LogP contribution < -0.4 is 5.32 Å². The Balaban J connectivity index is 2.18. The van der Waals surface area contributed by atoms with E-state index in [0.29, 0.717) is 17.5 Å². The summed E-state index contributed by atoms with van der Waals surface area (Å²) >= 11 is 6.02. The first-order valence-electron chi connectivity index (χ1n) is 7.39. The molecule has 1 heterocycles. The predicted octanol–water partition coefficient (Wildman–Crippen LogP) is 3.58. The van der Waals surface area contributed by atoms with Gasteiger partial charge < -0.3 is 15.3 Å². The summed E-state index contributed by atoms with van der Waals surface area (Å²) in [5, 5.41) is 13.2. The van der Waals surface area contributed by atoms with E-state index in [1.165, 1.54) is 0 Å². The second-order valence-electron chi connectivity index (χ2n) is 5.91. The molecule has 1 aliphatic rings. The Morgan fingerprint density at radius 2 is 2.05 bits per heavy atom. The number of halogens is 1. The number of aliphatic hydroxyl groups is 1. The molecule has 2 rings (SSSR count). The minimum absolute atomic E-state index is 0.00711. The average molecular weight is 311 g/mol. The number of aryl methyl sites for hydroxylation is 2. The number of likely N-dealkylation sites (tertiary alicyclic amines) is 1. The molecule has 0 saturated carbocycles. The Hall–Kier alpha value is -1.26. The van der Waals surface area contributed by atoms with Crippen molar-refractivity contribution in [2.45, 2.75) is 39.7 Å². The number of hydrogen-bond acceptors (Lipinski definition) is 2. The summed E-state index contributed by atoms with van der Waals surface area (Å²) in [5.74, 6) is 0.321. The molecule has 116 valence electrons. The Kier molecular flexibility index (Phi) is 5.12. The molecule has 0 bridgehead atoms. The van der Waals surface area contributed by atoms with E-state index in [1.807, 2.05) is 26.0 Å². The van der Waals surface area contributed by atoms with Crippen LogP contribution in [0.25, 0.3) is 0 Å². The van der Waals surface area contributed by atoms with Crippen molar-refractivity contribution >= 4 is 23.3 Å². The average Bonchev–Trinajstić information content (AvgIpc) is 2.42. The fourth-order valence-corrected chi connectivity index (χ4v) is 3.39. The number of nitrogens with one attached hydrogen (secondary N) is 1. The summed E-state index contributed by atoms with van der Waals surface area (Å²) < 4.78 is 0. The molecule has 4 nitrogen and oxygen atoms in total. The van der Waals surface area contributed by atoms with Crippen LogP contribution in [0.15, 0.2) is 12.1 Å². The van der Waals surface area contributed by atoms with Crippen molar-refractivity contribution in [1.29, 1.82) is 0 Å². The zero-order chi connectivity index (χ0) is 15.6. The van der Waals surface area contributed by atoms with Crippen molar-refractivity contribution in [2.75, 3.05) is 18.5 Å². The van der Waals surface area contributed by atoms with Crippen LogP contribution in [-0.2, 0) is 0 Å². The Bertz CT molecular complexity index is 510. The molecule has 1 aromatic carbocycles. The molecule has 2 unspecified atom stereocenters. The van der Waals surface area contributed by atoms with Crippen LogP contribution in [0.1, 0.15) is 30.9 Å². The first-order chi connectivity index (χ1) is 9.93. The standard InChI is InChI=1S/C16H23ClN2O2/c1-10-5-4-6-19(14(10)9-20)16(21)18-15-11(2)7-13(17)8-12(15)3/h7-8,10,14,20H,4-6,9H2,1-3H3,(H,18,21). The van der Waals surface area contributed by atoms with Gasteiger partial charge in [-0.2, -0.15) is 0 Å². The molecular weight excluding hydrogens is 288 g/mol. The van der Waals surface area contributed by atoms with E-state index in [9.17, 15) is 9.90 Å². The van der Waals surface area contributed by atoms with Gasteiger partial charge in [-0.3, -0.25) is 0 Å². The molecule has 21 heavy (non-hydrogen) atoms. The van der Waals surface area contributed by atoms with Crippen LogP contribution in [-0.4, -0.2) is 35.2 Å². The third-order valence-electron chi connectivity index (χ3n) is 4.29. The number of hydrogen-bond donors (Lipinski definition) is 2. The molecule has 5 heteroatoms. The molecule has 1 fully saturated rings. The number of aliphatic hydroxyl groups excluding tert-OH is 1. The molecule has 0 radical (unpaired) electrons. The van der Waals surface area contributed by atoms with Crippen molar-refractivity contribution < 1.29 is 9.90 Å². The number of piperidine rings is 1. The Morgan fingerprint density at radius 1 is 1.43 bits per heavy atom. The largest absolute Gasteiger partial charge is 0.394 e. The second-order valence-corrected chi connectivity index (χ2v) is 6.34. The molecular formula is C16H23ClN2O2. The maximum absolute atomic E-state index is 12.5. The number of rotatable bonds is 2. The maximum Gasteiger partial charge on any atom is 0.322 e. The van der Waals surface area contributed by atoms with Crippen LogP contribution >= 0.6 is 11.6 Å². The maximum atomic E-state index is 12.5. The molecule has 2 N–H and O–H groups in total. The van der Waals surface area contributed by atoms with Gasteiger partial charge in [0.25, 0.3) is 0 Å². The summed E-state index contributed by atoms with van der Waals surface area (Å²) in [6.07, 6.45) is 2.03. The van der Waals surface area contributed by atoms with E-state index in [4.69, 9.17) is 11.6 Å². The van der Waals surface area contributed by atoms with Gasteiger partial charge in [-0.15, -0.1) is 0 Å². The monoisotopic (exact) mass is 310 g/mol. The van der Waals surface area contributed by atoms with Crippen molar-refractivity contribution in [3.8, 4) is 0 Å². The zero-order valence-corrected chi connectivity index (χ0v) is 13.6. The number of carbonyl (C=O) groups is 1. The number of nitrogens with zero attached hydrogens (tertiary/aromatic N) is 1. The smallest absolute Gasteiger partial charge is 0.322 e. The van der Waals surface area contributed by atoms with Crippen molar-refractivity contribution in [3.05, 3.63) is 28.3 Å². The SMILES string of the molecule is Cc1cc(Cl)cc(C)c1NC(=O)N1CCCC(C)C1CO. The molecule has 0 aromatic heterocycles. The van der Waals surface area contributed by atoms with Crippen LogP contribution in [0, 0.1) is 19.8 Å². The van der Waals surface area contributed by atoms with Crippen LogP contribution in [0.3, 0.4) is 0 Å². The highest BCUT2D eigenvalue weighted by Crippen LogP contribution is 2.27. The van der Waals surface area contributed by atoms with Crippen molar-refractivity contribution in [3.63, 3.8) is 0 Å². The molecule has 1 aromatic rings. The quantitative estimate of drug-likeness (QED) is 0.877. The van der Waals surface area contributed by atoms with Gasteiger partial charge in [-0.25, -0.2) is 4.79 Å². The lowest BCUT2D eigenvalue weighted by molar-refractivity contribution is 0.0811. The van der Waals surface area contributed by atoms with Gasteiger partial charge in [0.1, 0.15) is 0 Å². The van der Waals surface area contributed by atoms with Gasteiger partial charge in [0.05, 0.1) is 12.6 Å². The third-order valence-corrected chi connectivity index (χ3v) is 4.51. The number of benzene rings is 1. The molecule has 0 aliphatic carbocycles. The van der Waals surface area contributed by atoms with Crippen LogP contribution in [0.2, 0.25) is 5.02 Å². The predicted molar refractivity (Wildman–Crippen MR) is 85.9 cm³/mol. The minimum atomic E-state index is -0.144. The first-order valence-corrected chi connectivity index (χ1v) is 7.77. The lowest BCUT2D eigenvalue weighted by Crippen LogP contribution is -2.51. The number of urea groups is 1. The third kappa shape index (κ3) is 3.50. The van der Waals surface area contributed by atoms with E-state index in [1.54, 1.807) is 4.90 Å². The van der Waals surface area contributed by atoms with Gasteiger partial charge in [-0.1, -0.05) is 18.5 Å². The van der Waals surface area contributed by atoms with E-state index < -0.39 is 0 Å². The Labute approximate surface area is 131 Å². The topological polar surface area (TPSA) is 52.6 Å². The first kappa shape index (κ1) is 16.1. The highest BCUT2D eigenvalue weighted by molar-refractivity contribution is 6.30. The molecule has 2 amide bonds. The normalized spacial score (nSPS) is 22.2. The summed E-state index contributed by atoms with van der Waals surface area (Å²) in [4.78, 5) is 14.3. The van der Waals surface area contributed by atoms with Gasteiger partial charge in [0, 0.05) is 17.3 Å². The lowest BCUT2D eigenvalue weighted by atomic mass is 9.91. The molecule has 2 atom stereocenters. The van der Waals surface area contributed by atoms with Gasteiger partial charge in [0.2, 0.25) is 0 Å². The van der Waals surface area contributed by atoms with Gasteiger partial charge >= 0.3 is 6.03 Å². The van der Waals surface area contributed by atoms with Gasteiger partial charge in [-0.05, 0) is 55.9 Å². The van der Waals surface area contributed by atoms with E-state index in [0.717, 1.165) is 29.7 Å². The summed E-state index contributed by atoms with van der Waals surface area (Å²) in [6.45, 7) is 6.63. The highest BCUT2D eigenvalue weighted by atomic mass is 35.5. The van der Waals surface area contributed by atoms with E-state index in [2.05, 4.69) is 12.2 Å². The van der Waals surface area contributed by atoms with Crippen LogP contribution in [0.4, 0.5) is 10.5 Å². The Morgan fingerprint density at radius 3 is 2.62 bits per heavy atom. The molecule has 0 spiro atoms. The fourth-order valence-electron chi connectivity index (χ4n) is 3.07. The van der Waals surface area contributed by atoms with Gasteiger partial charge in [0.15, 0.2) is 0 Å². The highest BCUT2D eigenvalue weighted by Gasteiger charge is 2.31. The van der Waals surface area contributed by atoms with Crippen molar-refractivity contribution in [2.24, 2.45) is 5.92 Å².